The molecule has 2 heterocycles. The number of hydrogen-bond donors (Lipinski definition) is 2. The van der Waals surface area contributed by atoms with Crippen molar-refractivity contribution in [3.05, 3.63) is 41.6 Å². The number of fused-ring (bicyclic) bond motifs is 1. The van der Waals surface area contributed by atoms with Crippen LogP contribution in [0, 0.1) is 13.8 Å². The van der Waals surface area contributed by atoms with Crippen molar-refractivity contribution < 1.29 is 0 Å². The smallest absolute Gasteiger partial charge is 0.178 e. The van der Waals surface area contributed by atoms with E-state index < -0.39 is 0 Å². The Morgan fingerprint density at radius 2 is 2.00 bits per heavy atom. The summed E-state index contributed by atoms with van der Waals surface area (Å²) in [4.78, 5) is 12.1. The SMILES string of the molecule is Cc1ccc(N)c(-c2nc3nccc(C)c3[nH]2)c1. The molecule has 0 aliphatic heterocycles. The third-order valence-corrected chi connectivity index (χ3v) is 3.06. The molecule has 90 valence electrons. The maximum Gasteiger partial charge on any atom is 0.178 e. The van der Waals surface area contributed by atoms with E-state index in [9.17, 15) is 0 Å². The minimum absolute atomic E-state index is 0.720. The Bertz CT molecular complexity index is 728. The fourth-order valence-electron chi connectivity index (χ4n) is 2.04. The van der Waals surface area contributed by atoms with Crippen LogP contribution in [0.4, 0.5) is 5.69 Å². The van der Waals surface area contributed by atoms with Gasteiger partial charge in [0.25, 0.3) is 0 Å². The van der Waals surface area contributed by atoms with Gasteiger partial charge >= 0.3 is 0 Å². The Kier molecular flexibility index (Phi) is 2.30. The van der Waals surface area contributed by atoms with Crippen LogP contribution in [0.5, 0.6) is 0 Å². The van der Waals surface area contributed by atoms with Crippen LogP contribution in [-0.2, 0) is 0 Å². The Morgan fingerprint density at radius 1 is 1.17 bits per heavy atom. The average Bonchev–Trinajstić information content (AvgIpc) is 2.77. The lowest BCUT2D eigenvalue weighted by Crippen LogP contribution is -1.91. The number of pyridine rings is 1. The fraction of sp³-hybridized carbons (Fsp3) is 0.143. The molecule has 0 aliphatic rings. The van der Waals surface area contributed by atoms with Crippen LogP contribution in [0.1, 0.15) is 11.1 Å². The van der Waals surface area contributed by atoms with Gasteiger partial charge in [-0.3, -0.25) is 0 Å². The number of nitrogen functional groups attached to an aromatic ring is 1. The number of rotatable bonds is 1. The molecule has 0 fully saturated rings. The molecule has 2 aromatic heterocycles. The van der Waals surface area contributed by atoms with Crippen LogP contribution in [0.15, 0.2) is 30.5 Å². The van der Waals surface area contributed by atoms with Crippen molar-refractivity contribution in [2.45, 2.75) is 13.8 Å². The molecule has 3 aromatic rings. The van der Waals surface area contributed by atoms with Crippen molar-refractivity contribution in [2.75, 3.05) is 5.73 Å². The number of nitrogens with two attached hydrogens (primary N) is 1. The molecular weight excluding hydrogens is 224 g/mol. The Labute approximate surface area is 105 Å². The largest absolute Gasteiger partial charge is 0.398 e. The maximum absolute atomic E-state index is 6.00. The summed E-state index contributed by atoms with van der Waals surface area (Å²) in [5, 5.41) is 0. The Balaban J connectivity index is 2.26. The molecule has 3 N–H and O–H groups in total. The minimum atomic E-state index is 0.720. The third-order valence-electron chi connectivity index (χ3n) is 3.06. The van der Waals surface area contributed by atoms with Crippen molar-refractivity contribution in [3.8, 4) is 11.4 Å². The van der Waals surface area contributed by atoms with Gasteiger partial charge in [0.05, 0.1) is 5.52 Å². The van der Waals surface area contributed by atoms with Crippen LogP contribution in [0.2, 0.25) is 0 Å². The molecule has 4 heteroatoms. The number of anilines is 1. The van der Waals surface area contributed by atoms with E-state index in [2.05, 4.69) is 15.0 Å². The first-order valence-corrected chi connectivity index (χ1v) is 5.83. The molecule has 0 bridgehead atoms. The van der Waals surface area contributed by atoms with Gasteiger partial charge in [0, 0.05) is 17.4 Å². The summed E-state index contributed by atoms with van der Waals surface area (Å²) in [5.41, 5.74) is 11.6. The van der Waals surface area contributed by atoms with Gasteiger partial charge in [-0.05, 0) is 37.6 Å². The first-order chi connectivity index (χ1) is 8.65. The zero-order chi connectivity index (χ0) is 12.7. The summed E-state index contributed by atoms with van der Waals surface area (Å²) in [6.07, 6.45) is 1.77. The highest BCUT2D eigenvalue weighted by Crippen LogP contribution is 2.26. The second kappa shape index (κ2) is 3.84. The van der Waals surface area contributed by atoms with Crippen molar-refractivity contribution in [3.63, 3.8) is 0 Å². The first kappa shape index (κ1) is 10.8. The summed E-state index contributed by atoms with van der Waals surface area (Å²) >= 11 is 0. The summed E-state index contributed by atoms with van der Waals surface area (Å²) in [6.45, 7) is 4.07. The van der Waals surface area contributed by atoms with Crippen molar-refractivity contribution in [1.82, 2.24) is 15.0 Å². The number of nitrogens with zero attached hydrogens (tertiary/aromatic N) is 2. The number of imidazole rings is 1. The molecule has 4 nitrogen and oxygen atoms in total. The number of benzene rings is 1. The monoisotopic (exact) mass is 238 g/mol. The van der Waals surface area contributed by atoms with E-state index in [-0.39, 0.29) is 0 Å². The number of aryl methyl sites for hydroxylation is 2. The molecule has 18 heavy (non-hydrogen) atoms. The maximum atomic E-state index is 6.00. The van der Waals surface area contributed by atoms with E-state index in [4.69, 9.17) is 5.73 Å². The second-order valence-electron chi connectivity index (χ2n) is 4.50. The van der Waals surface area contributed by atoms with Crippen LogP contribution in [-0.4, -0.2) is 15.0 Å². The molecule has 0 spiro atoms. The average molecular weight is 238 g/mol. The summed E-state index contributed by atoms with van der Waals surface area (Å²) in [7, 11) is 0. The van der Waals surface area contributed by atoms with Gasteiger partial charge in [0.2, 0.25) is 0 Å². The summed E-state index contributed by atoms with van der Waals surface area (Å²) < 4.78 is 0. The highest BCUT2D eigenvalue weighted by molar-refractivity contribution is 5.82. The van der Waals surface area contributed by atoms with Gasteiger partial charge in [-0.25, -0.2) is 9.97 Å². The zero-order valence-electron chi connectivity index (χ0n) is 10.4. The predicted molar refractivity (Wildman–Crippen MR) is 73.2 cm³/mol. The summed E-state index contributed by atoms with van der Waals surface area (Å²) in [5.74, 6) is 0.771. The highest BCUT2D eigenvalue weighted by Gasteiger charge is 2.10. The Hall–Kier alpha value is -2.36. The molecule has 3 rings (SSSR count). The Morgan fingerprint density at radius 3 is 2.78 bits per heavy atom. The molecule has 0 saturated carbocycles. The fourth-order valence-corrected chi connectivity index (χ4v) is 2.04. The number of nitrogens with one attached hydrogen (secondary N) is 1. The zero-order valence-corrected chi connectivity index (χ0v) is 10.4. The van der Waals surface area contributed by atoms with Crippen LogP contribution < -0.4 is 5.73 Å². The van der Waals surface area contributed by atoms with Crippen molar-refractivity contribution in [2.24, 2.45) is 0 Å². The normalized spacial score (nSPS) is 11.0. The van der Waals surface area contributed by atoms with E-state index in [1.807, 2.05) is 38.1 Å². The molecule has 0 radical (unpaired) electrons. The van der Waals surface area contributed by atoms with Gasteiger partial charge < -0.3 is 10.7 Å². The first-order valence-electron chi connectivity index (χ1n) is 5.83. The van der Waals surface area contributed by atoms with Crippen LogP contribution in [0.3, 0.4) is 0 Å². The highest BCUT2D eigenvalue weighted by atomic mass is 15.0. The van der Waals surface area contributed by atoms with Crippen LogP contribution >= 0.6 is 0 Å². The predicted octanol–water partition coefficient (Wildman–Crippen LogP) is 2.82. The van der Waals surface area contributed by atoms with Gasteiger partial charge in [0.15, 0.2) is 5.65 Å². The topological polar surface area (TPSA) is 67.6 Å². The van der Waals surface area contributed by atoms with Crippen molar-refractivity contribution in [1.29, 1.82) is 0 Å². The van der Waals surface area contributed by atoms with E-state index in [1.54, 1.807) is 6.20 Å². The quantitative estimate of drug-likeness (QED) is 0.640. The van der Waals surface area contributed by atoms with Crippen molar-refractivity contribution >= 4 is 16.9 Å². The third kappa shape index (κ3) is 1.62. The van der Waals surface area contributed by atoms with Gasteiger partial charge in [-0.1, -0.05) is 11.6 Å². The standard InChI is InChI=1S/C14H14N4/c1-8-3-4-11(15)10(7-8)13-17-12-9(2)5-6-16-14(12)18-13/h3-7H,15H2,1-2H3,(H,16,17,18). The molecule has 0 atom stereocenters. The van der Waals surface area contributed by atoms with Gasteiger partial charge in [-0.15, -0.1) is 0 Å². The van der Waals surface area contributed by atoms with E-state index in [0.717, 1.165) is 39.4 Å². The number of hydrogen-bond acceptors (Lipinski definition) is 3. The summed E-state index contributed by atoms with van der Waals surface area (Å²) in [6, 6.07) is 7.88. The van der Waals surface area contributed by atoms with E-state index in [1.165, 1.54) is 0 Å². The van der Waals surface area contributed by atoms with Gasteiger partial charge in [0.1, 0.15) is 5.82 Å². The molecule has 0 amide bonds. The lowest BCUT2D eigenvalue weighted by atomic mass is 10.1. The second-order valence-corrected chi connectivity index (χ2v) is 4.50. The lowest BCUT2D eigenvalue weighted by Gasteiger charge is -2.03. The van der Waals surface area contributed by atoms with Crippen LogP contribution in [0.25, 0.3) is 22.6 Å². The molecule has 0 saturated heterocycles. The van der Waals surface area contributed by atoms with Gasteiger partial charge in [-0.2, -0.15) is 0 Å². The lowest BCUT2D eigenvalue weighted by molar-refractivity contribution is 1.29. The van der Waals surface area contributed by atoms with E-state index in [0.29, 0.717) is 0 Å². The van der Waals surface area contributed by atoms with E-state index >= 15 is 0 Å². The molecule has 0 aliphatic carbocycles. The number of aromatic amines is 1. The number of aromatic nitrogens is 3. The molecule has 1 aromatic carbocycles. The minimum Gasteiger partial charge on any atom is -0.398 e. The molecular formula is C14H14N4. The number of H-pyrrole nitrogens is 1. The molecule has 0 unspecified atom stereocenters.